The van der Waals surface area contributed by atoms with Gasteiger partial charge in [-0.2, -0.15) is 0 Å². The van der Waals surface area contributed by atoms with Crippen LogP contribution in [0.25, 0.3) is 0 Å². The lowest BCUT2D eigenvalue weighted by molar-refractivity contribution is 0.0963. The number of anilines is 1. The smallest absolute Gasteiger partial charge is 0.254 e. The van der Waals surface area contributed by atoms with Gasteiger partial charge >= 0.3 is 0 Å². The first-order valence-electron chi connectivity index (χ1n) is 7.77. The molecule has 1 unspecified atom stereocenters. The summed E-state index contributed by atoms with van der Waals surface area (Å²) in [5, 5.41) is 5.92. The van der Waals surface area contributed by atoms with Gasteiger partial charge in [0.1, 0.15) is 5.82 Å². The van der Waals surface area contributed by atoms with Crippen LogP contribution in [0, 0.1) is 0 Å². The van der Waals surface area contributed by atoms with E-state index in [1.165, 1.54) is 5.56 Å². The van der Waals surface area contributed by atoms with Crippen LogP contribution in [-0.4, -0.2) is 42.5 Å². The standard InChI is InChI=1S/C18H24N4O/c1-14(22(3)13-15-8-5-4-6-9-15)12-21-17-16(18(23)19-2)10-7-11-20-17/h4-11,14H,12-13H2,1-3H3,(H,19,23)(H,20,21). The highest BCUT2D eigenvalue weighted by Crippen LogP contribution is 2.12. The molecular weight excluding hydrogens is 288 g/mol. The Bertz CT molecular complexity index is 630. The molecule has 1 aromatic carbocycles. The molecule has 5 heteroatoms. The molecule has 0 saturated heterocycles. The third kappa shape index (κ3) is 4.79. The Morgan fingerprint density at radius 3 is 2.65 bits per heavy atom. The quantitative estimate of drug-likeness (QED) is 0.824. The van der Waals surface area contributed by atoms with Crippen molar-refractivity contribution in [3.63, 3.8) is 0 Å². The van der Waals surface area contributed by atoms with Crippen LogP contribution in [-0.2, 0) is 6.54 Å². The molecular formula is C18H24N4O. The highest BCUT2D eigenvalue weighted by atomic mass is 16.1. The number of likely N-dealkylation sites (N-methyl/N-ethyl adjacent to an activating group) is 1. The van der Waals surface area contributed by atoms with Crippen molar-refractivity contribution in [2.45, 2.75) is 19.5 Å². The largest absolute Gasteiger partial charge is 0.368 e. The molecule has 2 rings (SSSR count). The van der Waals surface area contributed by atoms with Gasteiger partial charge in [-0.05, 0) is 31.7 Å². The van der Waals surface area contributed by atoms with Crippen LogP contribution in [0.4, 0.5) is 5.82 Å². The monoisotopic (exact) mass is 312 g/mol. The lowest BCUT2D eigenvalue weighted by Gasteiger charge is -2.25. The van der Waals surface area contributed by atoms with Crippen molar-refractivity contribution in [3.8, 4) is 0 Å². The van der Waals surface area contributed by atoms with E-state index in [0.29, 0.717) is 24.0 Å². The van der Waals surface area contributed by atoms with Crippen LogP contribution in [0.1, 0.15) is 22.8 Å². The van der Waals surface area contributed by atoms with E-state index in [9.17, 15) is 4.79 Å². The van der Waals surface area contributed by atoms with Crippen LogP contribution in [0.3, 0.4) is 0 Å². The molecule has 0 bridgehead atoms. The summed E-state index contributed by atoms with van der Waals surface area (Å²) in [4.78, 5) is 18.4. The zero-order valence-electron chi connectivity index (χ0n) is 13.9. The number of nitrogens with zero attached hydrogens (tertiary/aromatic N) is 2. The number of nitrogens with one attached hydrogen (secondary N) is 2. The van der Waals surface area contributed by atoms with Crippen molar-refractivity contribution in [3.05, 3.63) is 59.8 Å². The summed E-state index contributed by atoms with van der Waals surface area (Å²) >= 11 is 0. The van der Waals surface area contributed by atoms with E-state index in [-0.39, 0.29) is 5.91 Å². The number of benzene rings is 1. The lowest BCUT2D eigenvalue weighted by Crippen LogP contribution is -2.35. The van der Waals surface area contributed by atoms with Crippen molar-refractivity contribution >= 4 is 11.7 Å². The number of carbonyl (C=O) groups excluding carboxylic acids is 1. The Hall–Kier alpha value is -2.40. The summed E-state index contributed by atoms with van der Waals surface area (Å²) in [5.41, 5.74) is 1.85. The molecule has 23 heavy (non-hydrogen) atoms. The second kappa shape index (κ2) is 8.29. The molecule has 2 aromatic rings. The van der Waals surface area contributed by atoms with Crippen LogP contribution in [0.15, 0.2) is 48.7 Å². The average molecular weight is 312 g/mol. The first-order chi connectivity index (χ1) is 11.1. The maximum atomic E-state index is 11.9. The number of rotatable bonds is 7. The second-order valence-electron chi connectivity index (χ2n) is 5.61. The van der Waals surface area contributed by atoms with Crippen molar-refractivity contribution in [1.29, 1.82) is 0 Å². The number of carbonyl (C=O) groups is 1. The van der Waals surface area contributed by atoms with Gasteiger partial charge in [-0.25, -0.2) is 4.98 Å². The Morgan fingerprint density at radius 2 is 1.96 bits per heavy atom. The van der Waals surface area contributed by atoms with E-state index in [1.54, 1.807) is 25.4 Å². The van der Waals surface area contributed by atoms with Gasteiger partial charge < -0.3 is 10.6 Å². The van der Waals surface area contributed by atoms with E-state index >= 15 is 0 Å². The molecule has 0 aliphatic heterocycles. The summed E-state index contributed by atoms with van der Waals surface area (Å²) in [6.45, 7) is 3.75. The minimum absolute atomic E-state index is 0.133. The van der Waals surface area contributed by atoms with Gasteiger partial charge in [-0.1, -0.05) is 30.3 Å². The van der Waals surface area contributed by atoms with Crippen LogP contribution in [0.2, 0.25) is 0 Å². The Labute approximate surface area is 137 Å². The van der Waals surface area contributed by atoms with Crippen LogP contribution in [0.5, 0.6) is 0 Å². The molecule has 5 nitrogen and oxygen atoms in total. The van der Waals surface area contributed by atoms with Gasteiger partial charge in [0.15, 0.2) is 0 Å². The van der Waals surface area contributed by atoms with E-state index in [0.717, 1.165) is 6.54 Å². The topological polar surface area (TPSA) is 57.3 Å². The Kier molecular flexibility index (Phi) is 6.11. The second-order valence-corrected chi connectivity index (χ2v) is 5.61. The first-order valence-corrected chi connectivity index (χ1v) is 7.77. The molecule has 0 radical (unpaired) electrons. The summed E-state index contributed by atoms with van der Waals surface area (Å²) in [6, 6.07) is 14.2. The van der Waals surface area contributed by atoms with E-state index in [4.69, 9.17) is 0 Å². The van der Waals surface area contributed by atoms with Gasteiger partial charge in [0.25, 0.3) is 5.91 Å². The maximum absolute atomic E-state index is 11.9. The molecule has 1 heterocycles. The van der Waals surface area contributed by atoms with E-state index in [2.05, 4.69) is 58.8 Å². The van der Waals surface area contributed by atoms with Crippen molar-refractivity contribution in [2.24, 2.45) is 0 Å². The third-order valence-corrected chi connectivity index (χ3v) is 3.87. The summed E-state index contributed by atoms with van der Waals surface area (Å²) in [7, 11) is 3.72. The zero-order valence-corrected chi connectivity index (χ0v) is 13.9. The SMILES string of the molecule is CNC(=O)c1cccnc1NCC(C)N(C)Cc1ccccc1. The molecule has 122 valence electrons. The van der Waals surface area contributed by atoms with Crippen molar-refractivity contribution in [2.75, 3.05) is 26.0 Å². The number of amides is 1. The minimum atomic E-state index is -0.133. The maximum Gasteiger partial charge on any atom is 0.254 e. The third-order valence-electron chi connectivity index (χ3n) is 3.87. The molecule has 0 saturated carbocycles. The molecule has 1 atom stereocenters. The summed E-state index contributed by atoms with van der Waals surface area (Å²) < 4.78 is 0. The number of aromatic nitrogens is 1. The molecule has 0 fully saturated rings. The molecule has 0 aliphatic carbocycles. The normalized spacial score (nSPS) is 12.0. The van der Waals surface area contributed by atoms with Gasteiger partial charge in [0.05, 0.1) is 5.56 Å². The lowest BCUT2D eigenvalue weighted by atomic mass is 10.2. The van der Waals surface area contributed by atoms with Crippen LogP contribution >= 0.6 is 0 Å². The number of hydrogen-bond donors (Lipinski definition) is 2. The molecule has 2 N–H and O–H groups in total. The summed E-state index contributed by atoms with van der Waals surface area (Å²) in [5.74, 6) is 0.484. The van der Waals surface area contributed by atoms with Gasteiger partial charge in [0.2, 0.25) is 0 Å². The highest BCUT2D eigenvalue weighted by molar-refractivity contribution is 5.98. The van der Waals surface area contributed by atoms with E-state index in [1.807, 2.05) is 6.07 Å². The predicted molar refractivity (Wildman–Crippen MR) is 93.5 cm³/mol. The highest BCUT2D eigenvalue weighted by Gasteiger charge is 2.13. The fraction of sp³-hybridized carbons (Fsp3) is 0.333. The van der Waals surface area contributed by atoms with Crippen molar-refractivity contribution in [1.82, 2.24) is 15.2 Å². The van der Waals surface area contributed by atoms with Crippen molar-refractivity contribution < 1.29 is 4.79 Å². The Balaban J connectivity index is 1.94. The zero-order chi connectivity index (χ0) is 16.7. The van der Waals surface area contributed by atoms with Crippen LogP contribution < -0.4 is 10.6 Å². The molecule has 1 amide bonds. The van der Waals surface area contributed by atoms with Gasteiger partial charge in [-0.3, -0.25) is 9.69 Å². The van der Waals surface area contributed by atoms with Gasteiger partial charge in [0, 0.05) is 32.4 Å². The fourth-order valence-corrected chi connectivity index (χ4v) is 2.29. The molecule has 0 spiro atoms. The van der Waals surface area contributed by atoms with Gasteiger partial charge in [-0.15, -0.1) is 0 Å². The predicted octanol–water partition coefficient (Wildman–Crippen LogP) is 2.37. The number of pyridine rings is 1. The van der Waals surface area contributed by atoms with E-state index < -0.39 is 0 Å². The molecule has 0 aliphatic rings. The average Bonchev–Trinajstić information content (AvgIpc) is 2.60. The first kappa shape index (κ1) is 17.0. The molecule has 1 aromatic heterocycles. The minimum Gasteiger partial charge on any atom is -0.368 e. The number of hydrogen-bond acceptors (Lipinski definition) is 4. The fourth-order valence-electron chi connectivity index (χ4n) is 2.29. The Morgan fingerprint density at radius 1 is 1.22 bits per heavy atom. The summed E-state index contributed by atoms with van der Waals surface area (Å²) in [6.07, 6.45) is 1.69.